The van der Waals surface area contributed by atoms with E-state index in [4.69, 9.17) is 23.7 Å². The molecular formula is C22H29NO6. The van der Waals surface area contributed by atoms with Crippen molar-refractivity contribution in [3.63, 3.8) is 0 Å². The van der Waals surface area contributed by atoms with E-state index in [9.17, 15) is 5.11 Å². The van der Waals surface area contributed by atoms with Gasteiger partial charge in [0.2, 0.25) is 0 Å². The van der Waals surface area contributed by atoms with Crippen LogP contribution in [0, 0.1) is 0 Å². The fraction of sp³-hybridized carbons (Fsp3) is 0.455. The van der Waals surface area contributed by atoms with Gasteiger partial charge in [-0.2, -0.15) is 0 Å². The molecule has 2 aromatic carbocycles. The van der Waals surface area contributed by atoms with Crippen LogP contribution in [0.4, 0.5) is 0 Å². The lowest BCUT2D eigenvalue weighted by atomic mass is 9.97. The van der Waals surface area contributed by atoms with Crippen LogP contribution in [0.25, 0.3) is 0 Å². The summed E-state index contributed by atoms with van der Waals surface area (Å²) in [5, 5.41) is 9.96. The minimum Gasteiger partial charge on any atom is -0.493 e. The van der Waals surface area contributed by atoms with Crippen LogP contribution >= 0.6 is 0 Å². The van der Waals surface area contributed by atoms with E-state index >= 15 is 0 Å². The summed E-state index contributed by atoms with van der Waals surface area (Å²) in [7, 11) is 6.49. The van der Waals surface area contributed by atoms with Crippen LogP contribution < -0.4 is 18.9 Å². The van der Waals surface area contributed by atoms with E-state index in [1.54, 1.807) is 28.4 Å². The van der Waals surface area contributed by atoms with Crippen molar-refractivity contribution in [3.8, 4) is 23.0 Å². The highest BCUT2D eigenvalue weighted by atomic mass is 16.5. The monoisotopic (exact) mass is 403 g/mol. The molecule has 0 saturated carbocycles. The van der Waals surface area contributed by atoms with Gasteiger partial charge < -0.3 is 28.8 Å². The standard InChI is InChI=1S/C22H29NO6/c1-25-17-9-8-15(12-19(17)27-3)21-20(14-24)29-11-10-23(21)13-16-6-5-7-18(26-2)22(16)28-4/h5-9,12,20-21,24H,10-11,13-14H2,1-4H3/t20-,21-/m1/s1. The summed E-state index contributed by atoms with van der Waals surface area (Å²) in [6, 6.07) is 11.5. The van der Waals surface area contributed by atoms with Gasteiger partial charge in [0.05, 0.1) is 47.7 Å². The maximum absolute atomic E-state index is 9.96. The Labute approximate surface area is 171 Å². The number of methoxy groups -OCH3 is 4. The number of aliphatic hydroxyl groups is 1. The summed E-state index contributed by atoms with van der Waals surface area (Å²) in [5.41, 5.74) is 2.00. The second-order valence-corrected chi connectivity index (χ2v) is 6.77. The first-order valence-corrected chi connectivity index (χ1v) is 9.55. The van der Waals surface area contributed by atoms with E-state index in [0.29, 0.717) is 36.1 Å². The molecule has 158 valence electrons. The number of nitrogens with zero attached hydrogens (tertiary/aromatic N) is 1. The van der Waals surface area contributed by atoms with E-state index in [1.807, 2.05) is 36.4 Å². The summed E-state index contributed by atoms with van der Waals surface area (Å²) in [6.07, 6.45) is -0.349. The van der Waals surface area contributed by atoms with Crippen LogP contribution in [-0.4, -0.2) is 64.3 Å². The summed E-state index contributed by atoms with van der Waals surface area (Å²) < 4.78 is 27.7. The lowest BCUT2D eigenvalue weighted by molar-refractivity contribution is -0.0962. The number of morpholine rings is 1. The average molecular weight is 403 g/mol. The van der Waals surface area contributed by atoms with Crippen molar-refractivity contribution in [1.82, 2.24) is 4.90 Å². The Kier molecular flexibility index (Phi) is 7.19. The van der Waals surface area contributed by atoms with Gasteiger partial charge in [-0.3, -0.25) is 4.90 Å². The first-order valence-electron chi connectivity index (χ1n) is 9.55. The van der Waals surface area contributed by atoms with E-state index in [2.05, 4.69) is 4.90 Å². The predicted octanol–water partition coefficient (Wildman–Crippen LogP) is 2.66. The molecule has 1 aliphatic heterocycles. The van der Waals surface area contributed by atoms with Gasteiger partial charge in [-0.15, -0.1) is 0 Å². The highest BCUT2D eigenvalue weighted by Gasteiger charge is 2.34. The molecule has 2 atom stereocenters. The van der Waals surface area contributed by atoms with E-state index < -0.39 is 0 Å². The molecule has 0 unspecified atom stereocenters. The maximum atomic E-state index is 9.96. The van der Waals surface area contributed by atoms with Gasteiger partial charge in [0.25, 0.3) is 0 Å². The summed E-state index contributed by atoms with van der Waals surface area (Å²) >= 11 is 0. The van der Waals surface area contributed by atoms with Gasteiger partial charge in [0.15, 0.2) is 23.0 Å². The van der Waals surface area contributed by atoms with Crippen LogP contribution in [0.3, 0.4) is 0 Å². The minimum absolute atomic E-state index is 0.0786. The van der Waals surface area contributed by atoms with E-state index in [0.717, 1.165) is 17.7 Å². The van der Waals surface area contributed by atoms with Gasteiger partial charge in [-0.1, -0.05) is 18.2 Å². The lowest BCUT2D eigenvalue weighted by Crippen LogP contribution is -2.46. The molecule has 0 amide bonds. The smallest absolute Gasteiger partial charge is 0.165 e. The number of para-hydroxylation sites is 1. The zero-order valence-electron chi connectivity index (χ0n) is 17.4. The minimum atomic E-state index is -0.349. The van der Waals surface area contributed by atoms with Crippen LogP contribution in [0.15, 0.2) is 36.4 Å². The number of aliphatic hydroxyl groups excluding tert-OH is 1. The SMILES string of the molecule is COc1ccc([C@@H]2[C@@H](CO)OCCN2Cc2cccc(OC)c2OC)cc1OC. The van der Waals surface area contributed by atoms with Crippen LogP contribution in [-0.2, 0) is 11.3 Å². The molecule has 7 nitrogen and oxygen atoms in total. The number of hydrogen-bond donors (Lipinski definition) is 1. The fourth-order valence-electron chi connectivity index (χ4n) is 3.88. The Morgan fingerprint density at radius 3 is 2.38 bits per heavy atom. The molecule has 1 saturated heterocycles. The third kappa shape index (κ3) is 4.42. The van der Waals surface area contributed by atoms with Crippen LogP contribution in [0.5, 0.6) is 23.0 Å². The highest BCUT2D eigenvalue weighted by Crippen LogP contribution is 2.38. The van der Waals surface area contributed by atoms with Gasteiger partial charge >= 0.3 is 0 Å². The highest BCUT2D eigenvalue weighted by molar-refractivity contribution is 5.47. The van der Waals surface area contributed by atoms with Crippen LogP contribution in [0.2, 0.25) is 0 Å². The third-order valence-electron chi connectivity index (χ3n) is 5.24. The molecule has 0 radical (unpaired) electrons. The van der Waals surface area contributed by atoms with Crippen molar-refractivity contribution < 1.29 is 28.8 Å². The molecular weight excluding hydrogens is 374 g/mol. The predicted molar refractivity (Wildman–Crippen MR) is 109 cm³/mol. The zero-order chi connectivity index (χ0) is 20.8. The Bertz CT molecular complexity index is 812. The Hall–Kier alpha value is -2.48. The number of benzene rings is 2. The molecule has 7 heteroatoms. The van der Waals surface area contributed by atoms with Crippen molar-refractivity contribution in [2.45, 2.75) is 18.7 Å². The quantitative estimate of drug-likeness (QED) is 0.727. The largest absolute Gasteiger partial charge is 0.493 e. The van der Waals surface area contributed by atoms with Crippen molar-refractivity contribution >= 4 is 0 Å². The Morgan fingerprint density at radius 2 is 1.72 bits per heavy atom. The van der Waals surface area contributed by atoms with Crippen LogP contribution in [0.1, 0.15) is 17.2 Å². The van der Waals surface area contributed by atoms with Gasteiger partial charge in [-0.25, -0.2) is 0 Å². The van der Waals surface area contributed by atoms with E-state index in [-0.39, 0.29) is 18.8 Å². The first-order chi connectivity index (χ1) is 14.2. The molecule has 3 rings (SSSR count). The van der Waals surface area contributed by atoms with Crippen molar-refractivity contribution in [1.29, 1.82) is 0 Å². The molecule has 1 fully saturated rings. The third-order valence-corrected chi connectivity index (χ3v) is 5.24. The van der Waals surface area contributed by atoms with Crippen molar-refractivity contribution in [3.05, 3.63) is 47.5 Å². The average Bonchev–Trinajstić information content (AvgIpc) is 2.78. The second kappa shape index (κ2) is 9.82. The first kappa shape index (κ1) is 21.2. The zero-order valence-corrected chi connectivity index (χ0v) is 17.4. The summed E-state index contributed by atoms with van der Waals surface area (Å²) in [4.78, 5) is 2.28. The molecule has 0 bridgehead atoms. The lowest BCUT2D eigenvalue weighted by Gasteiger charge is -2.41. The van der Waals surface area contributed by atoms with Crippen molar-refractivity contribution in [2.24, 2.45) is 0 Å². The molecule has 1 aliphatic rings. The summed E-state index contributed by atoms with van der Waals surface area (Å²) in [5.74, 6) is 2.72. The van der Waals surface area contributed by atoms with Gasteiger partial charge in [0.1, 0.15) is 6.10 Å². The van der Waals surface area contributed by atoms with Gasteiger partial charge in [-0.05, 0) is 23.8 Å². The number of hydrogen-bond acceptors (Lipinski definition) is 7. The molecule has 2 aromatic rings. The molecule has 29 heavy (non-hydrogen) atoms. The van der Waals surface area contributed by atoms with Gasteiger partial charge in [0, 0.05) is 18.7 Å². The molecule has 0 spiro atoms. The number of ether oxygens (including phenoxy) is 5. The topological polar surface area (TPSA) is 69.6 Å². The molecule has 1 N–H and O–H groups in total. The Balaban J connectivity index is 1.97. The second-order valence-electron chi connectivity index (χ2n) is 6.77. The normalized spacial score (nSPS) is 19.6. The van der Waals surface area contributed by atoms with Crippen molar-refractivity contribution in [2.75, 3.05) is 48.2 Å². The Morgan fingerprint density at radius 1 is 0.966 bits per heavy atom. The summed E-state index contributed by atoms with van der Waals surface area (Å²) in [6.45, 7) is 1.81. The van der Waals surface area contributed by atoms with E-state index in [1.165, 1.54) is 0 Å². The number of rotatable bonds is 8. The molecule has 0 aromatic heterocycles. The fourth-order valence-corrected chi connectivity index (χ4v) is 3.88. The molecule has 0 aliphatic carbocycles. The molecule has 1 heterocycles. The maximum Gasteiger partial charge on any atom is 0.165 e.